The van der Waals surface area contributed by atoms with E-state index in [1.54, 1.807) is 0 Å². The Bertz CT molecular complexity index is 218. The van der Waals surface area contributed by atoms with Crippen LogP contribution in [0.5, 0.6) is 0 Å². The van der Waals surface area contributed by atoms with Gasteiger partial charge < -0.3 is 27.6 Å². The Morgan fingerprint density at radius 2 is 0.720 bits per heavy atom. The predicted molar refractivity (Wildman–Crippen MR) is 118 cm³/mol. The van der Waals surface area contributed by atoms with Crippen LogP contribution in [-0.2, 0) is 0 Å². The minimum atomic E-state index is 0. The van der Waals surface area contributed by atoms with E-state index in [2.05, 4.69) is 28.1 Å². The first-order valence-electron chi connectivity index (χ1n) is 10.4. The van der Waals surface area contributed by atoms with Crippen molar-refractivity contribution in [3.05, 3.63) is 0 Å². The van der Waals surface area contributed by atoms with E-state index in [1.807, 2.05) is 0 Å². The van der Waals surface area contributed by atoms with Crippen LogP contribution in [0.4, 0.5) is 0 Å². The second-order valence-corrected chi connectivity index (χ2v) is 8.32. The zero-order valence-corrected chi connectivity index (χ0v) is 21.3. The topological polar surface area (TPSA) is 35.0 Å². The van der Waals surface area contributed by atoms with Gasteiger partial charge in [0.15, 0.2) is 0 Å². The minimum Gasteiger partial charge on any atom is -1.00 e. The molecular formula is C21H50Br2N2. The van der Waals surface area contributed by atoms with Crippen LogP contribution in [0, 0.1) is 0 Å². The number of quaternary nitrogens is 1. The molecule has 0 heterocycles. The number of hydrogen-bond donors (Lipinski definition) is 1. The van der Waals surface area contributed by atoms with Crippen molar-refractivity contribution in [3.63, 3.8) is 0 Å². The summed E-state index contributed by atoms with van der Waals surface area (Å²) in [6.45, 7) is 3.63. The van der Waals surface area contributed by atoms with Crippen LogP contribution in [-0.4, -0.2) is 32.2 Å². The van der Waals surface area contributed by atoms with E-state index in [9.17, 15) is 0 Å². The molecule has 0 unspecified atom stereocenters. The Morgan fingerprint density at radius 3 is 0.960 bits per heavy atom. The van der Waals surface area contributed by atoms with Crippen LogP contribution >= 0.6 is 17.0 Å². The Hall–Kier alpha value is 0.880. The van der Waals surface area contributed by atoms with Gasteiger partial charge in [0, 0.05) is 0 Å². The molecular weight excluding hydrogens is 440 g/mol. The molecule has 0 saturated heterocycles. The number of hydrogen-bond acceptors (Lipinski definition) is 1. The van der Waals surface area contributed by atoms with Gasteiger partial charge in [-0.3, -0.25) is 0 Å². The summed E-state index contributed by atoms with van der Waals surface area (Å²) in [5.41, 5.74) is 0. The summed E-state index contributed by atoms with van der Waals surface area (Å²) >= 11 is 0. The second kappa shape index (κ2) is 24.9. The van der Waals surface area contributed by atoms with E-state index in [1.165, 1.54) is 109 Å². The van der Waals surface area contributed by atoms with Gasteiger partial charge in [0.2, 0.25) is 0 Å². The lowest BCUT2D eigenvalue weighted by atomic mass is 10.0. The smallest absolute Gasteiger partial charge is 0.0780 e. The highest BCUT2D eigenvalue weighted by Crippen LogP contribution is 2.13. The number of rotatable bonds is 17. The third-order valence-corrected chi connectivity index (χ3v) is 4.68. The molecule has 25 heavy (non-hydrogen) atoms. The fourth-order valence-electron chi connectivity index (χ4n) is 3.13. The highest BCUT2D eigenvalue weighted by molar-refractivity contribution is 8.93. The number of halogens is 2. The van der Waals surface area contributed by atoms with Gasteiger partial charge in [-0.15, -0.1) is 17.0 Å². The summed E-state index contributed by atoms with van der Waals surface area (Å²) in [5, 5.41) is 0. The molecule has 0 aromatic heterocycles. The molecule has 0 aliphatic rings. The van der Waals surface area contributed by atoms with Crippen LogP contribution in [0.3, 0.4) is 0 Å². The maximum Gasteiger partial charge on any atom is 0.0780 e. The maximum atomic E-state index is 2.30. The van der Waals surface area contributed by atoms with Crippen molar-refractivity contribution in [2.45, 2.75) is 110 Å². The molecule has 2 nitrogen and oxygen atoms in total. The fourth-order valence-corrected chi connectivity index (χ4v) is 3.13. The summed E-state index contributed by atoms with van der Waals surface area (Å²) in [5.74, 6) is 0. The van der Waals surface area contributed by atoms with E-state index in [-0.39, 0.29) is 40.1 Å². The summed E-state index contributed by atoms with van der Waals surface area (Å²) in [6, 6.07) is 0. The molecule has 0 fully saturated rings. The van der Waals surface area contributed by atoms with Crippen molar-refractivity contribution >= 4 is 17.0 Å². The summed E-state index contributed by atoms with van der Waals surface area (Å²) in [6.07, 6.45) is 23.4. The van der Waals surface area contributed by atoms with Crippen molar-refractivity contribution in [2.24, 2.45) is 0 Å². The van der Waals surface area contributed by atoms with E-state index in [0.717, 1.165) is 4.48 Å². The van der Waals surface area contributed by atoms with E-state index in [4.69, 9.17) is 0 Å². The molecule has 0 atom stereocenters. The number of unbranched alkanes of at least 4 members (excludes halogenated alkanes) is 15. The molecule has 0 amide bonds. The first-order chi connectivity index (χ1) is 10.6. The minimum absolute atomic E-state index is 0. The molecule has 3 N–H and O–H groups in total. The highest BCUT2D eigenvalue weighted by atomic mass is 79.9. The SMILES string of the molecule is Br.CCCCCCCCCCCCCCCCCC[N+](C)(C)C.N.[Br-]. The van der Waals surface area contributed by atoms with Gasteiger partial charge in [-0.1, -0.05) is 96.8 Å². The standard InChI is InChI=1S/C21H46N.2BrH.H3N/c1-5-6-7-8-9-10-11-12-13-14-15-16-17-18-19-20-21-22(2,3)4;;;/h5-21H2,1-4H3;2*1H;1H3/q+1;;;/p-1. The lowest BCUT2D eigenvalue weighted by molar-refractivity contribution is -0.870. The normalized spacial score (nSPS) is 10.6. The first-order valence-corrected chi connectivity index (χ1v) is 10.4. The molecule has 0 aliphatic carbocycles. The van der Waals surface area contributed by atoms with Crippen molar-refractivity contribution < 1.29 is 21.5 Å². The monoisotopic (exact) mass is 488 g/mol. The molecule has 0 aromatic rings. The molecule has 158 valence electrons. The lowest BCUT2D eigenvalue weighted by Crippen LogP contribution is -3.00. The number of nitrogens with zero attached hydrogens (tertiary/aromatic N) is 1. The van der Waals surface area contributed by atoms with Crippen molar-refractivity contribution in [3.8, 4) is 0 Å². The van der Waals surface area contributed by atoms with Crippen LogP contribution in [0.2, 0.25) is 0 Å². The second-order valence-electron chi connectivity index (χ2n) is 8.32. The van der Waals surface area contributed by atoms with Gasteiger partial charge in [-0.25, -0.2) is 0 Å². The molecule has 0 saturated carbocycles. The molecule has 4 heteroatoms. The Balaban J connectivity index is -0.000000735. The van der Waals surface area contributed by atoms with Crippen molar-refractivity contribution in [1.82, 2.24) is 6.15 Å². The van der Waals surface area contributed by atoms with E-state index < -0.39 is 0 Å². The van der Waals surface area contributed by atoms with Crippen LogP contribution in [0.1, 0.15) is 110 Å². The lowest BCUT2D eigenvalue weighted by Gasteiger charge is -2.23. The largest absolute Gasteiger partial charge is 1.00 e. The molecule has 0 bridgehead atoms. The van der Waals surface area contributed by atoms with E-state index >= 15 is 0 Å². The third kappa shape index (κ3) is 33.0. The van der Waals surface area contributed by atoms with Crippen LogP contribution < -0.4 is 23.1 Å². The van der Waals surface area contributed by atoms with Gasteiger partial charge >= 0.3 is 0 Å². The zero-order chi connectivity index (χ0) is 16.5. The Labute approximate surface area is 181 Å². The average Bonchev–Trinajstić information content (AvgIpc) is 2.45. The first kappa shape index (κ1) is 33.5. The zero-order valence-electron chi connectivity index (χ0n) is 18.0. The summed E-state index contributed by atoms with van der Waals surface area (Å²) in [7, 11) is 6.89. The quantitative estimate of drug-likeness (QED) is 0.233. The van der Waals surface area contributed by atoms with Gasteiger partial charge in [0.25, 0.3) is 0 Å². The molecule has 0 rings (SSSR count). The van der Waals surface area contributed by atoms with Crippen LogP contribution in [0.25, 0.3) is 0 Å². The Kier molecular flexibility index (Phi) is 33.3. The highest BCUT2D eigenvalue weighted by Gasteiger charge is 2.04. The Morgan fingerprint density at radius 1 is 0.480 bits per heavy atom. The van der Waals surface area contributed by atoms with Gasteiger partial charge in [-0.05, 0) is 12.8 Å². The van der Waals surface area contributed by atoms with Gasteiger partial charge in [0.05, 0.1) is 27.7 Å². The van der Waals surface area contributed by atoms with Crippen molar-refractivity contribution in [2.75, 3.05) is 27.7 Å². The maximum absolute atomic E-state index is 2.30. The van der Waals surface area contributed by atoms with E-state index in [0.29, 0.717) is 0 Å². The fraction of sp³-hybridized carbons (Fsp3) is 1.00. The third-order valence-electron chi connectivity index (χ3n) is 4.68. The average molecular weight is 490 g/mol. The van der Waals surface area contributed by atoms with Gasteiger partial charge in [-0.2, -0.15) is 0 Å². The van der Waals surface area contributed by atoms with Crippen LogP contribution in [0.15, 0.2) is 0 Å². The molecule has 0 radical (unpaired) electrons. The van der Waals surface area contributed by atoms with Gasteiger partial charge in [0.1, 0.15) is 0 Å². The summed E-state index contributed by atoms with van der Waals surface area (Å²) < 4.78 is 1.12. The van der Waals surface area contributed by atoms with Crippen molar-refractivity contribution in [1.29, 1.82) is 0 Å². The molecule has 0 aliphatic heterocycles. The predicted octanol–water partition coefficient (Wildman–Crippen LogP) is 4.70. The summed E-state index contributed by atoms with van der Waals surface area (Å²) in [4.78, 5) is 0. The molecule has 0 aromatic carbocycles. The molecule has 0 spiro atoms.